The molecule has 0 radical (unpaired) electrons. The standard InChI is InChI=1S/C15H21N3O2.CH4.H2O4S/c1-15-7-8-17(3)13(15)18(4)12-6-5-10(9-11(12)15)20-14(19)16-2;;1-5(2,3)4/h5-6,9,13H,7-8H2,1-4H3,(H,16,19);1H4;(H2,1,2,3,4)/t13-,15+;;/m1../s1. The molecule has 1 amide bonds. The summed E-state index contributed by atoms with van der Waals surface area (Å²) in [7, 11) is 1.20. The van der Waals surface area contributed by atoms with Crippen LogP contribution in [0.4, 0.5) is 10.5 Å². The minimum atomic E-state index is -4.67. The Kier molecular flexibility index (Phi) is 6.64. The summed E-state index contributed by atoms with van der Waals surface area (Å²) in [5.74, 6) is 0.605. The molecule has 1 fully saturated rings. The number of carbonyl (C=O) groups excluding carboxylic acids is 1. The van der Waals surface area contributed by atoms with Crippen LogP contribution in [0.3, 0.4) is 0 Å². The Hall–Kier alpha value is -1.88. The predicted molar refractivity (Wildman–Crippen MR) is 99.2 cm³/mol. The summed E-state index contributed by atoms with van der Waals surface area (Å²) in [6.45, 7) is 3.39. The number of nitrogens with one attached hydrogen (secondary N) is 1. The normalized spacial score (nSPS) is 23.9. The van der Waals surface area contributed by atoms with Crippen molar-refractivity contribution < 1.29 is 27.1 Å². The molecule has 0 unspecified atom stereocenters. The van der Waals surface area contributed by atoms with Gasteiger partial charge in [0.25, 0.3) is 0 Å². The number of carbonyl (C=O) groups is 1. The van der Waals surface area contributed by atoms with E-state index in [1.54, 1.807) is 7.05 Å². The molecule has 0 aliphatic carbocycles. The van der Waals surface area contributed by atoms with E-state index in [1.807, 2.05) is 18.2 Å². The summed E-state index contributed by atoms with van der Waals surface area (Å²) in [5.41, 5.74) is 2.60. The van der Waals surface area contributed by atoms with Crippen LogP contribution in [0.2, 0.25) is 0 Å². The van der Waals surface area contributed by atoms with Crippen LogP contribution in [0.15, 0.2) is 18.2 Å². The van der Waals surface area contributed by atoms with Crippen molar-refractivity contribution in [3.8, 4) is 5.75 Å². The van der Waals surface area contributed by atoms with Crippen molar-refractivity contribution >= 4 is 22.2 Å². The smallest absolute Gasteiger partial charge is 0.410 e. The molecule has 148 valence electrons. The maximum absolute atomic E-state index is 11.4. The lowest BCUT2D eigenvalue weighted by Crippen LogP contribution is -2.45. The van der Waals surface area contributed by atoms with Crippen molar-refractivity contribution in [1.82, 2.24) is 10.2 Å². The predicted octanol–water partition coefficient (Wildman–Crippen LogP) is 1.76. The van der Waals surface area contributed by atoms with E-state index in [4.69, 9.17) is 22.3 Å². The van der Waals surface area contributed by atoms with Gasteiger partial charge in [-0.05, 0) is 37.2 Å². The quantitative estimate of drug-likeness (QED) is 0.622. The zero-order valence-corrected chi connectivity index (χ0v) is 15.4. The van der Waals surface area contributed by atoms with Crippen LogP contribution in [-0.4, -0.2) is 62.4 Å². The molecule has 3 N–H and O–H groups in total. The maximum atomic E-state index is 11.4. The molecule has 1 aromatic rings. The second kappa shape index (κ2) is 7.78. The second-order valence-corrected chi connectivity index (χ2v) is 7.29. The first kappa shape index (κ1) is 22.2. The number of likely N-dealkylation sites (N-methyl/N-ethyl adjacent to an activating group) is 2. The molecule has 26 heavy (non-hydrogen) atoms. The number of hydrogen-bond acceptors (Lipinski definition) is 6. The average molecular weight is 389 g/mol. The Labute approximate surface area is 154 Å². The van der Waals surface area contributed by atoms with Gasteiger partial charge in [-0.3, -0.25) is 14.0 Å². The minimum absolute atomic E-state index is 0. The van der Waals surface area contributed by atoms with Crippen molar-refractivity contribution in [3.63, 3.8) is 0 Å². The molecule has 2 atom stereocenters. The fourth-order valence-electron chi connectivity index (χ4n) is 3.78. The fraction of sp³-hybridized carbons (Fsp3) is 0.562. The lowest BCUT2D eigenvalue weighted by Gasteiger charge is -2.32. The highest BCUT2D eigenvalue weighted by atomic mass is 32.3. The van der Waals surface area contributed by atoms with Gasteiger partial charge in [-0.1, -0.05) is 14.4 Å². The molecule has 0 aromatic heterocycles. The van der Waals surface area contributed by atoms with E-state index in [0.29, 0.717) is 11.9 Å². The van der Waals surface area contributed by atoms with Gasteiger partial charge in [-0.15, -0.1) is 0 Å². The molecule has 0 spiro atoms. The first-order chi connectivity index (χ1) is 11.5. The van der Waals surface area contributed by atoms with Gasteiger partial charge in [0.2, 0.25) is 0 Å². The Morgan fingerprint density at radius 3 is 2.46 bits per heavy atom. The van der Waals surface area contributed by atoms with Gasteiger partial charge in [0, 0.05) is 31.7 Å². The number of nitrogens with zero attached hydrogens (tertiary/aromatic N) is 2. The minimum Gasteiger partial charge on any atom is -0.410 e. The summed E-state index contributed by atoms with van der Waals surface area (Å²) in [6, 6.07) is 5.92. The third kappa shape index (κ3) is 4.44. The third-order valence-electron chi connectivity index (χ3n) is 4.72. The summed E-state index contributed by atoms with van der Waals surface area (Å²) in [5, 5.41) is 2.47. The SMILES string of the molecule is C.CNC(=O)Oc1ccc2c(c1)[C@]1(C)CCN(C)[C@@H]1N2C.O=S(=O)(O)O. The molecule has 9 nitrogen and oxygen atoms in total. The summed E-state index contributed by atoms with van der Waals surface area (Å²) >= 11 is 0. The molecule has 0 bridgehead atoms. The largest absolute Gasteiger partial charge is 0.412 e. The van der Waals surface area contributed by atoms with Gasteiger partial charge in [0.15, 0.2) is 0 Å². The van der Waals surface area contributed by atoms with Gasteiger partial charge in [0.1, 0.15) is 5.75 Å². The third-order valence-corrected chi connectivity index (χ3v) is 4.72. The monoisotopic (exact) mass is 389 g/mol. The van der Waals surface area contributed by atoms with E-state index in [2.05, 4.69) is 36.1 Å². The van der Waals surface area contributed by atoms with Gasteiger partial charge in [-0.2, -0.15) is 8.42 Å². The van der Waals surface area contributed by atoms with Gasteiger partial charge < -0.3 is 15.0 Å². The van der Waals surface area contributed by atoms with E-state index in [1.165, 1.54) is 11.3 Å². The zero-order valence-electron chi connectivity index (χ0n) is 14.6. The van der Waals surface area contributed by atoms with Crippen LogP contribution >= 0.6 is 0 Å². The van der Waals surface area contributed by atoms with Crippen molar-refractivity contribution in [2.45, 2.75) is 32.4 Å². The number of benzene rings is 1. The maximum Gasteiger partial charge on any atom is 0.412 e. The number of amides is 1. The van der Waals surface area contributed by atoms with Crippen molar-refractivity contribution in [2.75, 3.05) is 32.6 Å². The van der Waals surface area contributed by atoms with Crippen LogP contribution in [0, 0.1) is 0 Å². The van der Waals surface area contributed by atoms with Gasteiger partial charge in [-0.25, -0.2) is 4.79 Å². The molecule has 0 saturated carbocycles. The summed E-state index contributed by atoms with van der Waals surface area (Å²) in [6.07, 6.45) is 1.07. The van der Waals surface area contributed by atoms with E-state index >= 15 is 0 Å². The molecule has 2 aliphatic heterocycles. The van der Waals surface area contributed by atoms with Crippen LogP contribution < -0.4 is 15.0 Å². The Balaban J connectivity index is 0.000000501. The Bertz CT molecular complexity index is 761. The molecule has 2 aliphatic rings. The second-order valence-electron chi connectivity index (χ2n) is 6.40. The molecule has 1 aromatic carbocycles. The molecular formula is C16H27N3O6S. The van der Waals surface area contributed by atoms with Crippen LogP contribution in [0.1, 0.15) is 26.3 Å². The van der Waals surface area contributed by atoms with Crippen LogP contribution in [-0.2, 0) is 15.8 Å². The molecule has 2 heterocycles. The number of anilines is 1. The molecule has 10 heteroatoms. The van der Waals surface area contributed by atoms with Crippen molar-refractivity contribution in [2.24, 2.45) is 0 Å². The number of rotatable bonds is 1. The highest BCUT2D eigenvalue weighted by Crippen LogP contribution is 2.51. The molecule has 1 saturated heterocycles. The first-order valence-electron chi connectivity index (χ1n) is 7.64. The van der Waals surface area contributed by atoms with Crippen LogP contribution in [0.5, 0.6) is 5.75 Å². The molecular weight excluding hydrogens is 362 g/mol. The van der Waals surface area contributed by atoms with E-state index in [9.17, 15) is 4.79 Å². The van der Waals surface area contributed by atoms with Gasteiger partial charge >= 0.3 is 16.5 Å². The lowest BCUT2D eigenvalue weighted by molar-refractivity contribution is 0.203. The lowest BCUT2D eigenvalue weighted by atomic mass is 9.81. The van der Waals surface area contributed by atoms with Crippen LogP contribution in [0.25, 0.3) is 0 Å². The van der Waals surface area contributed by atoms with Crippen molar-refractivity contribution in [3.05, 3.63) is 23.8 Å². The zero-order chi connectivity index (χ0) is 19.0. The van der Waals surface area contributed by atoms with Crippen molar-refractivity contribution in [1.29, 1.82) is 0 Å². The van der Waals surface area contributed by atoms with E-state index < -0.39 is 16.5 Å². The summed E-state index contributed by atoms with van der Waals surface area (Å²) < 4.78 is 36.8. The molecule has 3 rings (SSSR count). The fourth-order valence-corrected chi connectivity index (χ4v) is 3.78. The number of ether oxygens (including phenoxy) is 1. The van der Waals surface area contributed by atoms with Gasteiger partial charge in [0.05, 0.1) is 6.17 Å². The number of likely N-dealkylation sites (tertiary alicyclic amines) is 1. The topological polar surface area (TPSA) is 119 Å². The number of fused-ring (bicyclic) bond motifs is 3. The Morgan fingerprint density at radius 2 is 1.92 bits per heavy atom. The highest BCUT2D eigenvalue weighted by Gasteiger charge is 2.52. The first-order valence-corrected chi connectivity index (χ1v) is 9.04. The summed E-state index contributed by atoms with van der Waals surface area (Å²) in [4.78, 5) is 16.1. The average Bonchev–Trinajstić information content (AvgIpc) is 2.91. The van der Waals surface area contributed by atoms with E-state index in [0.717, 1.165) is 13.0 Å². The van der Waals surface area contributed by atoms with E-state index in [-0.39, 0.29) is 12.8 Å². The highest BCUT2D eigenvalue weighted by molar-refractivity contribution is 7.79. The number of hydrogen-bond donors (Lipinski definition) is 3. The Morgan fingerprint density at radius 1 is 1.35 bits per heavy atom.